The molecule has 3 aromatic rings. The van der Waals surface area contributed by atoms with E-state index < -0.39 is 12.0 Å². The first kappa shape index (κ1) is 17.7. The van der Waals surface area contributed by atoms with Gasteiger partial charge in [-0.1, -0.05) is 91.5 Å². The second kappa shape index (κ2) is 7.53. The zero-order valence-electron chi connectivity index (χ0n) is 15.3. The van der Waals surface area contributed by atoms with Crippen molar-refractivity contribution in [1.29, 1.82) is 0 Å². The molecule has 1 aliphatic heterocycles. The van der Waals surface area contributed by atoms with Crippen LogP contribution in [0, 0.1) is 5.92 Å². The lowest BCUT2D eigenvalue weighted by Gasteiger charge is -2.34. The summed E-state index contributed by atoms with van der Waals surface area (Å²) >= 11 is 0. The van der Waals surface area contributed by atoms with Crippen LogP contribution >= 0.6 is 0 Å². The zero-order chi connectivity index (χ0) is 19.5. The third-order valence-electron chi connectivity index (χ3n) is 4.99. The third kappa shape index (κ3) is 3.45. The van der Waals surface area contributed by atoms with E-state index >= 15 is 0 Å². The van der Waals surface area contributed by atoms with Crippen molar-refractivity contribution < 1.29 is 9.59 Å². The molecule has 3 aromatic carbocycles. The molecule has 1 fully saturated rings. The molecule has 0 aromatic heterocycles. The van der Waals surface area contributed by atoms with Crippen LogP contribution in [0.25, 0.3) is 11.1 Å². The predicted molar refractivity (Wildman–Crippen MR) is 110 cm³/mol. The first-order chi connectivity index (χ1) is 13.6. The number of hydrogen-bond donors (Lipinski definition) is 2. The van der Waals surface area contributed by atoms with Crippen LogP contribution in [-0.4, -0.2) is 11.8 Å². The number of carbonyl (C=O) groups is 2. The van der Waals surface area contributed by atoms with Crippen LogP contribution in [0.1, 0.15) is 22.0 Å². The lowest BCUT2D eigenvalue weighted by molar-refractivity contribution is 0.0905. The van der Waals surface area contributed by atoms with Gasteiger partial charge < -0.3 is 10.6 Å². The highest BCUT2D eigenvalue weighted by Gasteiger charge is 2.37. The summed E-state index contributed by atoms with van der Waals surface area (Å²) in [7, 11) is 0. The summed E-state index contributed by atoms with van der Waals surface area (Å²) in [5.74, 6) is -0.655. The summed E-state index contributed by atoms with van der Waals surface area (Å²) in [5.41, 5.74) is 4.07. The molecule has 28 heavy (non-hydrogen) atoms. The van der Waals surface area contributed by atoms with E-state index in [2.05, 4.69) is 17.2 Å². The standard InChI is InChI=1S/C24H20N2O2/c1-16-21(23(27)20-10-6-3-7-11-20)22(26-24(28)25-16)19-14-12-18(13-15-19)17-8-4-2-5-9-17/h2-15,21-22H,1H2,(H2,25,26,28)/t21-,22-/m1/s1. The minimum absolute atomic E-state index is 0.0739. The highest BCUT2D eigenvalue weighted by molar-refractivity contribution is 6.01. The minimum Gasteiger partial charge on any atom is -0.330 e. The van der Waals surface area contributed by atoms with Crippen LogP contribution in [0.5, 0.6) is 0 Å². The van der Waals surface area contributed by atoms with Crippen molar-refractivity contribution >= 4 is 11.8 Å². The number of benzene rings is 3. The summed E-state index contributed by atoms with van der Waals surface area (Å²) in [6.07, 6.45) is 0. The molecular weight excluding hydrogens is 348 g/mol. The van der Waals surface area contributed by atoms with Gasteiger partial charge in [-0.3, -0.25) is 4.79 Å². The fraction of sp³-hybridized carbons (Fsp3) is 0.0833. The van der Waals surface area contributed by atoms with E-state index in [1.165, 1.54) is 0 Å². The van der Waals surface area contributed by atoms with Crippen molar-refractivity contribution in [3.8, 4) is 11.1 Å². The van der Waals surface area contributed by atoms with Gasteiger partial charge in [0, 0.05) is 11.3 Å². The lowest BCUT2D eigenvalue weighted by atomic mass is 9.83. The number of urea groups is 1. The Morgan fingerprint density at radius 1 is 0.786 bits per heavy atom. The maximum absolute atomic E-state index is 13.1. The Kier molecular flexibility index (Phi) is 4.77. The normalized spacial score (nSPS) is 18.9. The van der Waals surface area contributed by atoms with E-state index in [0.29, 0.717) is 11.3 Å². The van der Waals surface area contributed by atoms with Gasteiger partial charge in [0.05, 0.1) is 12.0 Å². The van der Waals surface area contributed by atoms with Crippen molar-refractivity contribution in [2.75, 3.05) is 0 Å². The largest absolute Gasteiger partial charge is 0.330 e. The molecule has 0 aliphatic carbocycles. The summed E-state index contributed by atoms with van der Waals surface area (Å²) in [6.45, 7) is 3.94. The number of nitrogens with one attached hydrogen (secondary N) is 2. The molecule has 4 heteroatoms. The van der Waals surface area contributed by atoms with Gasteiger partial charge in [0.1, 0.15) is 0 Å². The van der Waals surface area contributed by atoms with Crippen LogP contribution < -0.4 is 10.6 Å². The summed E-state index contributed by atoms with van der Waals surface area (Å²) in [5, 5.41) is 5.54. The minimum atomic E-state index is -0.581. The van der Waals surface area contributed by atoms with Crippen molar-refractivity contribution in [3.05, 3.63) is 108 Å². The van der Waals surface area contributed by atoms with E-state index in [1.807, 2.05) is 72.8 Å². The Balaban J connectivity index is 1.67. The molecule has 0 saturated carbocycles. The maximum atomic E-state index is 13.1. The second-order valence-electron chi connectivity index (χ2n) is 6.80. The number of carbonyl (C=O) groups excluding carboxylic acids is 2. The molecule has 1 aliphatic rings. The highest BCUT2D eigenvalue weighted by atomic mass is 16.2. The fourth-order valence-corrected chi connectivity index (χ4v) is 3.57. The second-order valence-corrected chi connectivity index (χ2v) is 6.80. The van der Waals surface area contributed by atoms with E-state index in [-0.39, 0.29) is 11.8 Å². The smallest absolute Gasteiger partial charge is 0.319 e. The van der Waals surface area contributed by atoms with Crippen LogP contribution in [0.4, 0.5) is 4.79 Å². The molecule has 0 spiro atoms. The molecular formula is C24H20N2O2. The van der Waals surface area contributed by atoms with Crippen LogP contribution in [0.2, 0.25) is 0 Å². The van der Waals surface area contributed by atoms with Crippen LogP contribution in [0.15, 0.2) is 97.2 Å². The van der Waals surface area contributed by atoms with Gasteiger partial charge in [0.2, 0.25) is 0 Å². The summed E-state index contributed by atoms with van der Waals surface area (Å²) < 4.78 is 0. The number of hydrogen-bond acceptors (Lipinski definition) is 2. The van der Waals surface area contributed by atoms with Gasteiger partial charge in [-0.05, 0) is 16.7 Å². The van der Waals surface area contributed by atoms with Crippen molar-refractivity contribution in [3.63, 3.8) is 0 Å². The van der Waals surface area contributed by atoms with Gasteiger partial charge in [-0.15, -0.1) is 0 Å². The maximum Gasteiger partial charge on any atom is 0.319 e. The Morgan fingerprint density at radius 2 is 1.36 bits per heavy atom. The van der Waals surface area contributed by atoms with Crippen LogP contribution in [-0.2, 0) is 0 Å². The Labute approximate surface area is 163 Å². The molecule has 0 unspecified atom stereocenters. The molecule has 2 atom stereocenters. The Morgan fingerprint density at radius 3 is 2.00 bits per heavy atom. The Bertz CT molecular complexity index is 1010. The van der Waals surface area contributed by atoms with Crippen molar-refractivity contribution in [2.45, 2.75) is 6.04 Å². The average Bonchev–Trinajstić information content (AvgIpc) is 2.74. The fourth-order valence-electron chi connectivity index (χ4n) is 3.57. The summed E-state index contributed by atoms with van der Waals surface area (Å²) in [4.78, 5) is 25.2. The first-order valence-corrected chi connectivity index (χ1v) is 9.14. The number of ketones is 1. The predicted octanol–water partition coefficient (Wildman–Crippen LogP) is 4.72. The number of amides is 2. The van der Waals surface area contributed by atoms with Crippen molar-refractivity contribution in [1.82, 2.24) is 10.6 Å². The lowest BCUT2D eigenvalue weighted by Crippen LogP contribution is -2.50. The van der Waals surface area contributed by atoms with Gasteiger partial charge in [-0.25, -0.2) is 4.79 Å². The van der Waals surface area contributed by atoms with Crippen molar-refractivity contribution in [2.24, 2.45) is 5.92 Å². The molecule has 0 radical (unpaired) electrons. The number of rotatable bonds is 4. The van der Waals surface area contributed by atoms with E-state index in [4.69, 9.17) is 0 Å². The molecule has 4 rings (SSSR count). The zero-order valence-corrected chi connectivity index (χ0v) is 15.3. The first-order valence-electron chi connectivity index (χ1n) is 9.14. The van der Waals surface area contributed by atoms with Gasteiger partial charge in [0.15, 0.2) is 5.78 Å². The average molecular weight is 368 g/mol. The van der Waals surface area contributed by atoms with E-state index in [0.717, 1.165) is 16.7 Å². The molecule has 138 valence electrons. The van der Waals surface area contributed by atoms with Gasteiger partial charge in [0.25, 0.3) is 0 Å². The molecule has 1 saturated heterocycles. The quantitative estimate of drug-likeness (QED) is 0.655. The topological polar surface area (TPSA) is 58.2 Å². The number of Topliss-reactive ketones (excluding diaryl/α,β-unsaturated/α-hetero) is 1. The molecule has 4 nitrogen and oxygen atoms in total. The summed E-state index contributed by atoms with van der Waals surface area (Å²) in [6, 6.07) is 26.2. The van der Waals surface area contributed by atoms with E-state index in [1.54, 1.807) is 12.1 Å². The van der Waals surface area contributed by atoms with Crippen LogP contribution in [0.3, 0.4) is 0 Å². The third-order valence-corrected chi connectivity index (χ3v) is 4.99. The molecule has 2 N–H and O–H groups in total. The Hall–Kier alpha value is -3.66. The monoisotopic (exact) mass is 368 g/mol. The molecule has 0 bridgehead atoms. The highest BCUT2D eigenvalue weighted by Crippen LogP contribution is 2.33. The van der Waals surface area contributed by atoms with Gasteiger partial charge in [-0.2, -0.15) is 0 Å². The molecule has 2 amide bonds. The molecule has 1 heterocycles. The van der Waals surface area contributed by atoms with Gasteiger partial charge >= 0.3 is 6.03 Å². The van der Waals surface area contributed by atoms with E-state index in [9.17, 15) is 9.59 Å². The SMILES string of the molecule is C=C1NC(=O)N[C@H](c2ccc(-c3ccccc3)cc2)[C@@H]1C(=O)c1ccccc1.